The fourth-order valence-corrected chi connectivity index (χ4v) is 4.90. The third kappa shape index (κ3) is 13.5. The minimum absolute atomic E-state index is 0. The van der Waals surface area contributed by atoms with Crippen LogP contribution in [0.2, 0.25) is 0 Å². The topological polar surface area (TPSA) is 94.6 Å². The number of amides is 1. The van der Waals surface area contributed by atoms with Gasteiger partial charge in [-0.1, -0.05) is 56.3 Å². The van der Waals surface area contributed by atoms with Crippen LogP contribution >= 0.6 is 0 Å². The number of hydrogen-bond donors (Lipinski definition) is 1. The first-order valence-corrected chi connectivity index (χ1v) is 14.5. The van der Waals surface area contributed by atoms with Crippen molar-refractivity contribution in [1.29, 1.82) is 0 Å². The van der Waals surface area contributed by atoms with E-state index in [0.717, 1.165) is 37.2 Å². The van der Waals surface area contributed by atoms with Gasteiger partial charge in [-0.05, 0) is 85.6 Å². The molecule has 2 aromatic carbocycles. The zero-order valence-corrected chi connectivity index (χ0v) is 30.0. The summed E-state index contributed by atoms with van der Waals surface area (Å²) in [5, 5.41) is 0. The van der Waals surface area contributed by atoms with Gasteiger partial charge in [-0.25, -0.2) is 4.79 Å². The van der Waals surface area contributed by atoms with Crippen molar-refractivity contribution in [2.45, 2.75) is 60.5 Å². The van der Waals surface area contributed by atoms with Crippen molar-refractivity contribution in [3.05, 3.63) is 106 Å². The van der Waals surface area contributed by atoms with Crippen molar-refractivity contribution in [3.63, 3.8) is 0 Å². The number of aryl methyl sites for hydroxylation is 2. The van der Waals surface area contributed by atoms with E-state index in [1.165, 1.54) is 28.3 Å². The number of carbonyl (C=O) groups is 2. The van der Waals surface area contributed by atoms with Crippen molar-refractivity contribution in [3.8, 4) is 11.1 Å². The maximum Gasteiger partial charge on any atom is 1.00 e. The smallest absolute Gasteiger partial charge is 0.463 e. The van der Waals surface area contributed by atoms with Crippen LogP contribution in [0, 0.1) is 26.2 Å². The molecule has 0 radical (unpaired) electrons. The molecule has 1 fully saturated rings. The molecule has 1 amide bonds. The molecule has 1 aliphatic heterocycles. The number of carbonyl (C=O) groups excluding carboxylic acids is 2. The van der Waals surface area contributed by atoms with Gasteiger partial charge in [-0.3, -0.25) is 9.59 Å². The monoisotopic (exact) mass is 611 g/mol. The number of likely N-dealkylation sites (tertiary alicyclic amines) is 1. The minimum atomic E-state index is -0.310. The maximum absolute atomic E-state index is 11.9. The van der Waals surface area contributed by atoms with Gasteiger partial charge >= 0.3 is 57.4 Å². The van der Waals surface area contributed by atoms with Crippen molar-refractivity contribution in [1.82, 2.24) is 9.47 Å². The number of nitrogens with two attached hydrogens (primary N) is 1. The van der Waals surface area contributed by atoms with E-state index < -0.39 is 0 Å². The minimum Gasteiger partial charge on any atom is -0.463 e. The number of pyridine rings is 1. The summed E-state index contributed by atoms with van der Waals surface area (Å²) in [6.07, 6.45) is 8.84. The first kappa shape index (κ1) is 38.7. The molecule has 4 rings (SSSR count). The average Bonchev–Trinajstić information content (AvgIpc) is 2.91. The molecule has 8 heteroatoms. The van der Waals surface area contributed by atoms with E-state index >= 15 is 0 Å². The van der Waals surface area contributed by atoms with Crippen LogP contribution in [0.1, 0.15) is 62.4 Å². The van der Waals surface area contributed by atoms with Gasteiger partial charge in [-0.2, -0.15) is 0 Å². The molecule has 1 atom stereocenters. The Kier molecular flexibility index (Phi) is 18.5. The molecule has 0 saturated carbocycles. The summed E-state index contributed by atoms with van der Waals surface area (Å²) in [7, 11) is 0. The molecule has 1 aliphatic rings. The summed E-state index contributed by atoms with van der Waals surface area (Å²) in [5.41, 5.74) is 11.4. The summed E-state index contributed by atoms with van der Waals surface area (Å²) in [4.78, 5) is 34.2. The Morgan fingerprint density at radius 1 is 1.05 bits per heavy atom. The van der Waals surface area contributed by atoms with Crippen LogP contribution < -0.4 is 62.7 Å². The molecular formula is C35H46KN3O4. The van der Waals surface area contributed by atoms with Crippen LogP contribution in [-0.4, -0.2) is 41.5 Å². The Morgan fingerprint density at radius 3 is 2.23 bits per heavy atom. The van der Waals surface area contributed by atoms with Gasteiger partial charge < -0.3 is 26.4 Å². The first-order valence-electron chi connectivity index (χ1n) is 14.5. The van der Waals surface area contributed by atoms with Gasteiger partial charge in [0.15, 0.2) is 0 Å². The van der Waals surface area contributed by atoms with Gasteiger partial charge in [0.05, 0.1) is 6.61 Å². The third-order valence-corrected chi connectivity index (χ3v) is 6.82. The summed E-state index contributed by atoms with van der Waals surface area (Å²) in [6.45, 7) is 16.0. The SMILES string of the molecule is CC(C)CC(C)n1cc(CN2C[CH-]C2)ccc1=O.CCOC(=O)/C=C\c1cccc(-c2c(C)cccc2C)c1.NC=O.[K+]. The Balaban J connectivity index is 0.000000389. The molecule has 226 valence electrons. The number of hydrogen-bond acceptors (Lipinski definition) is 5. The Morgan fingerprint density at radius 2 is 1.67 bits per heavy atom. The molecule has 0 aliphatic carbocycles. The van der Waals surface area contributed by atoms with Crippen molar-refractivity contribution in [2.24, 2.45) is 11.7 Å². The summed E-state index contributed by atoms with van der Waals surface area (Å²) in [5.74, 6) is 0.301. The van der Waals surface area contributed by atoms with Gasteiger partial charge in [-0.15, -0.1) is 13.1 Å². The number of ether oxygens (including phenoxy) is 1. The summed E-state index contributed by atoms with van der Waals surface area (Å²) in [6, 6.07) is 18.4. The number of benzene rings is 2. The standard InChI is InChI=1S/C19H20O2.C15H23N2O.CH3NO.K/c1-4-21-18(20)12-11-16-9-6-10-17(13-16)19-14(2)7-5-8-15(19)3;1-12(2)9-13(3)17-11-14(5-6-15(17)18)10-16-7-4-8-16;2-1-3;/h5-13H,4H2,1-3H3;4-6,11-13H,7-10H2,1-3H3;1H,(H2,2,3);/q;-1;;+1/b12-11-;;;. The van der Waals surface area contributed by atoms with E-state index in [2.05, 4.69) is 82.0 Å². The van der Waals surface area contributed by atoms with Gasteiger partial charge in [0.1, 0.15) is 0 Å². The van der Waals surface area contributed by atoms with Crippen LogP contribution in [-0.2, 0) is 20.9 Å². The quantitative estimate of drug-likeness (QED) is 0.132. The first-order chi connectivity index (χ1) is 20.1. The van der Waals surface area contributed by atoms with Crippen molar-refractivity contribution >= 4 is 18.5 Å². The van der Waals surface area contributed by atoms with Crippen LogP contribution in [0.25, 0.3) is 17.2 Å². The van der Waals surface area contributed by atoms with Crippen LogP contribution in [0.5, 0.6) is 0 Å². The average molecular weight is 612 g/mol. The molecule has 1 unspecified atom stereocenters. The van der Waals surface area contributed by atoms with E-state index in [9.17, 15) is 9.59 Å². The van der Waals surface area contributed by atoms with E-state index in [1.807, 2.05) is 29.0 Å². The second-order valence-corrected chi connectivity index (χ2v) is 10.9. The molecular weight excluding hydrogens is 566 g/mol. The molecule has 2 N–H and O–H groups in total. The van der Waals surface area contributed by atoms with Gasteiger partial charge in [0.2, 0.25) is 6.41 Å². The van der Waals surface area contributed by atoms with Crippen molar-refractivity contribution < 1.29 is 65.7 Å². The predicted molar refractivity (Wildman–Crippen MR) is 172 cm³/mol. The number of primary amides is 1. The maximum atomic E-state index is 11.9. The number of esters is 1. The molecule has 1 aromatic heterocycles. The third-order valence-electron chi connectivity index (χ3n) is 6.82. The largest absolute Gasteiger partial charge is 1.00 e. The molecule has 0 spiro atoms. The number of nitrogens with zero attached hydrogens (tertiary/aromatic N) is 2. The number of aromatic nitrogens is 1. The van der Waals surface area contributed by atoms with Crippen LogP contribution in [0.15, 0.2) is 71.7 Å². The van der Waals surface area contributed by atoms with E-state index in [1.54, 1.807) is 19.1 Å². The molecule has 0 bridgehead atoms. The summed E-state index contributed by atoms with van der Waals surface area (Å²) >= 11 is 0. The molecule has 2 heterocycles. The second kappa shape index (κ2) is 20.6. The Hall–Kier alpha value is -2.33. The van der Waals surface area contributed by atoms with Gasteiger partial charge in [0, 0.05) is 30.9 Å². The zero-order valence-electron chi connectivity index (χ0n) is 26.9. The van der Waals surface area contributed by atoms with Crippen molar-refractivity contribution in [2.75, 3.05) is 19.7 Å². The normalized spacial score (nSPS) is 13.0. The fraction of sp³-hybridized carbons (Fsp3) is 0.371. The molecule has 3 aromatic rings. The number of rotatable bonds is 9. The second-order valence-electron chi connectivity index (χ2n) is 10.9. The predicted octanol–water partition coefficient (Wildman–Crippen LogP) is 3.13. The van der Waals surface area contributed by atoms with Crippen LogP contribution in [0.4, 0.5) is 0 Å². The van der Waals surface area contributed by atoms with E-state index in [-0.39, 0.29) is 75.4 Å². The van der Waals surface area contributed by atoms with E-state index in [4.69, 9.17) is 9.53 Å². The molecule has 1 saturated heterocycles. The van der Waals surface area contributed by atoms with Crippen LogP contribution in [0.3, 0.4) is 0 Å². The molecule has 43 heavy (non-hydrogen) atoms. The Labute approximate surface area is 299 Å². The molecule has 7 nitrogen and oxygen atoms in total. The summed E-state index contributed by atoms with van der Waals surface area (Å²) < 4.78 is 6.78. The van der Waals surface area contributed by atoms with Gasteiger partial charge in [0.25, 0.3) is 5.56 Å². The Bertz CT molecular complexity index is 1360. The van der Waals surface area contributed by atoms with E-state index in [0.29, 0.717) is 12.5 Å². The zero-order chi connectivity index (χ0) is 31.1. The fourth-order valence-electron chi connectivity index (χ4n) is 4.90.